The maximum absolute atomic E-state index is 15.2. The van der Waals surface area contributed by atoms with Gasteiger partial charge in [0.25, 0.3) is 0 Å². The van der Waals surface area contributed by atoms with E-state index in [0.29, 0.717) is 23.1 Å². The molecule has 0 aliphatic carbocycles. The third kappa shape index (κ3) is 6.25. The van der Waals surface area contributed by atoms with Crippen molar-refractivity contribution in [2.45, 2.75) is 19.8 Å². The van der Waals surface area contributed by atoms with Crippen LogP contribution in [0.25, 0.3) is 38.8 Å². The number of pyridine rings is 1. The van der Waals surface area contributed by atoms with E-state index in [-0.39, 0.29) is 26.8 Å². The summed E-state index contributed by atoms with van der Waals surface area (Å²) in [6, 6.07) is 48.9. The molecule has 1 aliphatic heterocycles. The molecule has 53 heavy (non-hydrogen) atoms. The summed E-state index contributed by atoms with van der Waals surface area (Å²) in [7, 11) is 0. The minimum Gasteiger partial charge on any atom is -0.509 e. The van der Waals surface area contributed by atoms with Gasteiger partial charge in [-0.2, -0.15) is 6.07 Å². The van der Waals surface area contributed by atoms with E-state index in [9.17, 15) is 4.39 Å². The van der Waals surface area contributed by atoms with E-state index in [1.807, 2.05) is 71.6 Å². The minimum atomic E-state index is -0.658. The Bertz CT molecular complexity index is 2620. The molecule has 0 unspecified atom stereocenters. The Morgan fingerprint density at radius 3 is 2.25 bits per heavy atom. The molecule has 6 aromatic carbocycles. The van der Waals surface area contributed by atoms with Crippen LogP contribution in [0.4, 0.5) is 31.5 Å². The molecule has 3 heterocycles. The molecule has 264 valence electrons. The number of aromatic nitrogens is 2. The molecule has 0 N–H and O–H groups in total. The molecule has 1 aliphatic rings. The van der Waals surface area contributed by atoms with E-state index < -0.39 is 11.6 Å². The number of anilines is 4. The summed E-state index contributed by atoms with van der Waals surface area (Å²) in [5.41, 5.74) is 7.51. The quantitative estimate of drug-likeness (QED) is 0.149. The van der Waals surface area contributed by atoms with Gasteiger partial charge in [0.05, 0.1) is 0 Å². The fraction of sp³-hybridized carbons (Fsp3) is 0.0667. The molecule has 8 aromatic rings. The van der Waals surface area contributed by atoms with Crippen molar-refractivity contribution < 1.29 is 34.6 Å². The molecular weight excluding hydrogens is 846 g/mol. The van der Waals surface area contributed by atoms with Crippen LogP contribution in [0.15, 0.2) is 140 Å². The molecule has 0 atom stereocenters. The van der Waals surface area contributed by atoms with E-state index >= 15 is 4.39 Å². The molecule has 2 aromatic heterocycles. The minimum absolute atomic E-state index is 0. The first kappa shape index (κ1) is 34.3. The first-order valence-corrected chi connectivity index (χ1v) is 17.1. The first-order valence-electron chi connectivity index (χ1n) is 17.1. The Morgan fingerprint density at radius 1 is 0.660 bits per heavy atom. The first-order chi connectivity index (χ1) is 25.4. The summed E-state index contributed by atoms with van der Waals surface area (Å²) in [4.78, 5) is 8.33. The molecule has 0 radical (unpaired) electrons. The van der Waals surface area contributed by atoms with Gasteiger partial charge in [-0.15, -0.1) is 53.6 Å². The maximum atomic E-state index is 15.2. The average Bonchev–Trinajstić information content (AvgIpc) is 3.71. The van der Waals surface area contributed by atoms with Crippen LogP contribution in [0.5, 0.6) is 11.5 Å². The van der Waals surface area contributed by atoms with Crippen molar-refractivity contribution >= 4 is 44.6 Å². The van der Waals surface area contributed by atoms with Crippen LogP contribution in [0.1, 0.15) is 25.3 Å². The van der Waals surface area contributed by atoms with Crippen LogP contribution in [0, 0.1) is 30.4 Å². The topological polar surface area (TPSA) is 33.5 Å². The van der Waals surface area contributed by atoms with Crippen LogP contribution < -0.4 is 14.5 Å². The van der Waals surface area contributed by atoms with Gasteiger partial charge < -0.3 is 19.1 Å². The van der Waals surface area contributed by atoms with Gasteiger partial charge in [0, 0.05) is 67.4 Å². The predicted octanol–water partition coefficient (Wildman–Crippen LogP) is 12.0. The van der Waals surface area contributed by atoms with Crippen molar-refractivity contribution in [2.75, 3.05) is 9.80 Å². The number of nitrogens with zero attached hydrogens (tertiary/aromatic N) is 4. The van der Waals surface area contributed by atoms with Crippen LogP contribution in [-0.2, 0) is 21.1 Å². The Morgan fingerprint density at radius 2 is 1.45 bits per heavy atom. The SMILES string of the molecule is CC(C)c1cccc(-c2cc(Oc3[c-]c4c(cc3)c3ccccc3n4-c3ccccn3)[c-]c(N3[CH-]N(c4ccc(F)cc4F)c4ccccc43)c2)c1.[Pt]. The standard InChI is InChI=1S/C45H31F2N4O.Pt/c1-29(2)30-10-9-11-31(22-30)32-23-34(49-28-50(43-15-6-5-14-42(43)49)41-20-17-33(46)25-39(41)47)26-36(24-32)52-35-18-19-38-37-12-3-4-13-40(37)51(44(38)27-35)45-16-7-8-21-48-45;/h3-25,28-29H,1-2H3;/q-3;. The van der Waals surface area contributed by atoms with Gasteiger partial charge in [-0.3, -0.25) is 0 Å². The number of hydrogen-bond acceptors (Lipinski definition) is 4. The van der Waals surface area contributed by atoms with Crippen LogP contribution >= 0.6 is 0 Å². The van der Waals surface area contributed by atoms with Gasteiger partial charge in [-0.25, -0.2) is 13.8 Å². The van der Waals surface area contributed by atoms with Gasteiger partial charge >= 0.3 is 0 Å². The second-order valence-electron chi connectivity index (χ2n) is 13.1. The number of hydrogen-bond donors (Lipinski definition) is 0. The zero-order valence-corrected chi connectivity index (χ0v) is 31.0. The van der Waals surface area contributed by atoms with Gasteiger partial charge in [0.1, 0.15) is 17.5 Å². The summed E-state index contributed by atoms with van der Waals surface area (Å²) in [5.74, 6) is 0.838. The summed E-state index contributed by atoms with van der Waals surface area (Å²) >= 11 is 0. The van der Waals surface area contributed by atoms with Crippen LogP contribution in [0.2, 0.25) is 0 Å². The Kier molecular flexibility index (Phi) is 9.05. The number of rotatable bonds is 7. The van der Waals surface area contributed by atoms with E-state index in [0.717, 1.165) is 56.2 Å². The summed E-state index contributed by atoms with van der Waals surface area (Å²) < 4.78 is 37.8. The van der Waals surface area contributed by atoms with Crippen molar-refractivity contribution in [3.8, 4) is 28.4 Å². The Balaban J connectivity index is 0.00000400. The van der Waals surface area contributed by atoms with Gasteiger partial charge in [-0.05, 0) is 64.9 Å². The molecule has 0 spiro atoms. The predicted molar refractivity (Wildman–Crippen MR) is 204 cm³/mol. The smallest absolute Gasteiger partial charge is 0.147 e. The monoisotopic (exact) mass is 876 g/mol. The summed E-state index contributed by atoms with van der Waals surface area (Å²) in [6.07, 6.45) is 1.78. The maximum Gasteiger partial charge on any atom is 0.147 e. The van der Waals surface area contributed by atoms with Crippen molar-refractivity contribution in [1.29, 1.82) is 0 Å². The molecule has 9 rings (SSSR count). The number of para-hydroxylation sites is 3. The molecule has 0 fully saturated rings. The zero-order valence-electron chi connectivity index (χ0n) is 28.7. The van der Waals surface area contributed by atoms with E-state index in [2.05, 4.69) is 84.1 Å². The molecule has 0 bridgehead atoms. The fourth-order valence-corrected chi connectivity index (χ4v) is 6.91. The normalized spacial score (nSPS) is 12.4. The molecule has 5 nitrogen and oxygen atoms in total. The molecule has 0 saturated heterocycles. The second-order valence-corrected chi connectivity index (χ2v) is 13.1. The number of ether oxygens (including phenoxy) is 1. The van der Waals surface area contributed by atoms with Gasteiger partial charge in [0.2, 0.25) is 0 Å². The number of halogens is 2. The number of benzene rings is 6. The zero-order chi connectivity index (χ0) is 35.3. The Labute approximate surface area is 321 Å². The molecule has 8 heteroatoms. The third-order valence-corrected chi connectivity index (χ3v) is 9.43. The van der Waals surface area contributed by atoms with Gasteiger partial charge in [0.15, 0.2) is 0 Å². The molecule has 0 amide bonds. The Hall–Kier alpha value is -5.78. The fourth-order valence-electron chi connectivity index (χ4n) is 6.91. The summed E-state index contributed by atoms with van der Waals surface area (Å²) in [6.45, 7) is 6.15. The van der Waals surface area contributed by atoms with Gasteiger partial charge in [-0.1, -0.05) is 80.0 Å². The molecular formula is C45H31F2N4OPt-3. The summed E-state index contributed by atoms with van der Waals surface area (Å²) in [5, 5.41) is 2.13. The number of fused-ring (bicyclic) bond motifs is 4. The molecule has 0 saturated carbocycles. The van der Waals surface area contributed by atoms with Crippen LogP contribution in [0.3, 0.4) is 0 Å². The van der Waals surface area contributed by atoms with E-state index in [4.69, 9.17) is 4.74 Å². The van der Waals surface area contributed by atoms with Crippen molar-refractivity contribution in [2.24, 2.45) is 0 Å². The van der Waals surface area contributed by atoms with Crippen molar-refractivity contribution in [1.82, 2.24) is 9.55 Å². The van der Waals surface area contributed by atoms with E-state index in [1.54, 1.807) is 17.8 Å². The average molecular weight is 877 g/mol. The van der Waals surface area contributed by atoms with E-state index in [1.165, 1.54) is 17.7 Å². The largest absolute Gasteiger partial charge is 0.509 e. The second kappa shape index (κ2) is 14.0. The van der Waals surface area contributed by atoms with Crippen molar-refractivity contribution in [3.63, 3.8) is 0 Å². The van der Waals surface area contributed by atoms with Crippen LogP contribution in [-0.4, -0.2) is 9.55 Å². The third-order valence-electron chi connectivity index (χ3n) is 9.43. The van der Waals surface area contributed by atoms with Crippen molar-refractivity contribution in [3.05, 3.63) is 176 Å².